The van der Waals surface area contributed by atoms with Crippen molar-refractivity contribution >= 4 is 51.9 Å². The van der Waals surface area contributed by atoms with E-state index in [1.165, 1.54) is 40.4 Å². The molecule has 336 valence electrons. The summed E-state index contributed by atoms with van der Waals surface area (Å²) in [4.78, 5) is 59.8. The Kier molecular flexibility index (Phi) is 14.7. The number of anilines is 1. The van der Waals surface area contributed by atoms with Gasteiger partial charge in [-0.2, -0.15) is 0 Å². The first-order chi connectivity index (χ1) is 31.4. The summed E-state index contributed by atoms with van der Waals surface area (Å²) in [5.41, 5.74) is 6.01. The molecule has 0 spiro atoms. The third kappa shape index (κ3) is 10.7. The molecule has 1 saturated heterocycles. The van der Waals surface area contributed by atoms with E-state index in [0.717, 1.165) is 71.9 Å². The van der Waals surface area contributed by atoms with Gasteiger partial charge in [-0.3, -0.25) is 19.5 Å². The highest BCUT2D eigenvalue weighted by Gasteiger charge is 2.40. The predicted molar refractivity (Wildman–Crippen MR) is 252 cm³/mol. The topological polar surface area (TPSA) is 156 Å². The Balaban J connectivity index is 0.000000194. The molecule has 2 fully saturated rings. The molecule has 2 N–H and O–H groups in total. The molecule has 0 radical (unpaired) electrons. The van der Waals surface area contributed by atoms with Crippen LogP contribution in [0.15, 0.2) is 97.5 Å². The smallest absolute Gasteiger partial charge is 0.262 e. The van der Waals surface area contributed by atoms with Crippen molar-refractivity contribution in [1.29, 1.82) is 0 Å². The molecule has 1 atom stereocenters. The van der Waals surface area contributed by atoms with Crippen LogP contribution >= 0.6 is 0 Å². The van der Waals surface area contributed by atoms with Crippen LogP contribution in [0.2, 0.25) is 0 Å². The highest BCUT2D eigenvalue weighted by atomic mass is 16.5. The minimum atomic E-state index is -0.991. The molecule has 2 aliphatic heterocycles. The van der Waals surface area contributed by atoms with Crippen LogP contribution < -0.4 is 19.7 Å². The zero-order valence-electron chi connectivity index (χ0n) is 37.6. The number of nitrogens with zero attached hydrogens (tertiary/aromatic N) is 5. The maximum atomic E-state index is 12.9. The Hall–Kier alpha value is -6.88. The lowest BCUT2D eigenvalue weighted by molar-refractivity contribution is -0.112. The van der Waals surface area contributed by atoms with Gasteiger partial charge >= 0.3 is 0 Å². The first-order valence-corrected chi connectivity index (χ1v) is 22.1. The van der Waals surface area contributed by atoms with Crippen LogP contribution in [0.25, 0.3) is 32.9 Å². The third-order valence-electron chi connectivity index (χ3n) is 11.7. The fourth-order valence-corrected chi connectivity index (χ4v) is 8.06. The molecular formula is C52H56N6O7. The Labute approximate surface area is 379 Å². The largest absolute Gasteiger partial charge is 0.475 e. The number of carbonyl (C=O) groups is 4. The quantitative estimate of drug-likeness (QED) is 0.0753. The fourth-order valence-electron chi connectivity index (χ4n) is 8.06. The maximum absolute atomic E-state index is 12.9. The molecule has 1 aliphatic carbocycles. The number of benzene rings is 3. The van der Waals surface area contributed by atoms with Crippen LogP contribution in [0.4, 0.5) is 5.69 Å². The second-order valence-corrected chi connectivity index (χ2v) is 17.0. The minimum Gasteiger partial charge on any atom is -0.475 e. The number of aromatic nitrogens is 3. The van der Waals surface area contributed by atoms with Crippen LogP contribution in [-0.2, 0) is 16.6 Å². The molecule has 5 heterocycles. The van der Waals surface area contributed by atoms with Crippen molar-refractivity contribution in [3.05, 3.63) is 114 Å². The van der Waals surface area contributed by atoms with E-state index in [0.29, 0.717) is 24.4 Å². The van der Waals surface area contributed by atoms with Gasteiger partial charge < -0.3 is 39.0 Å². The number of aliphatic hydroxyl groups is 1. The van der Waals surface area contributed by atoms with E-state index >= 15 is 0 Å². The summed E-state index contributed by atoms with van der Waals surface area (Å²) < 4.78 is 14.1. The number of aryl methyl sites for hydroxylation is 1. The zero-order chi connectivity index (χ0) is 46.1. The molecular weight excluding hydrogens is 821 g/mol. The van der Waals surface area contributed by atoms with Crippen molar-refractivity contribution in [1.82, 2.24) is 24.8 Å². The van der Waals surface area contributed by atoms with Crippen LogP contribution in [0, 0.1) is 11.8 Å². The lowest BCUT2D eigenvalue weighted by atomic mass is 9.96. The van der Waals surface area contributed by atoms with E-state index in [1.807, 2.05) is 76.9 Å². The molecule has 2 amide bonds. The molecule has 6 aromatic rings. The standard InChI is InChI=1S/C29H30N2O6.C21H19N3O.C2H7N/c1-29(2,13-10-20-5-3-6-21(17-20)30-14-11-23(34)12-15-30)37-24-8-9-25-26(18-24)28(36)31(27(25)35)22(19-33)7-4-16-32;1-24-19-9-10-22-13-18(19)17-7-5-14(11-20(17)24)15-6-8-21(23-12-15)25-16-3-2-4-16;1-3-2/h3,5-6,8-9,16-19,22-23,34H,4,7,11-12,14-15H2,1-2H3;5-13,16H,2-4H2,1H3;3H,1-2H3. The number of carbonyl (C=O) groups excluding carboxylic acids is 4. The molecule has 65 heavy (non-hydrogen) atoms. The summed E-state index contributed by atoms with van der Waals surface area (Å²) in [6.45, 7) is 5.22. The van der Waals surface area contributed by atoms with Crippen LogP contribution in [0.5, 0.6) is 11.6 Å². The second-order valence-electron chi connectivity index (χ2n) is 17.0. The lowest BCUT2D eigenvalue weighted by Gasteiger charge is -2.31. The van der Waals surface area contributed by atoms with E-state index < -0.39 is 23.5 Å². The molecule has 3 aromatic heterocycles. The SMILES string of the molecule is CC(C)(C#Cc1cccc(N2CCC(O)CC2)c1)Oc1ccc2c(c1)C(=O)N(C(C=O)CCC=O)C2=O.CNC.Cn1c2ccncc2c2ccc(-c3ccc(OC4CCC4)nc3)cc21. The fraction of sp³-hybridized carbons (Fsp3) is 0.346. The van der Waals surface area contributed by atoms with Crippen LogP contribution in [-0.4, -0.2) is 100.0 Å². The molecule has 0 bridgehead atoms. The third-order valence-corrected chi connectivity index (χ3v) is 11.7. The Morgan fingerprint density at radius 1 is 0.877 bits per heavy atom. The summed E-state index contributed by atoms with van der Waals surface area (Å²) in [5, 5.41) is 14.9. The van der Waals surface area contributed by atoms with Gasteiger partial charge in [0.15, 0.2) is 5.60 Å². The maximum Gasteiger partial charge on any atom is 0.262 e. The number of piperidine rings is 1. The minimum absolute atomic E-state index is 0.0715. The van der Waals surface area contributed by atoms with Crippen molar-refractivity contribution in [2.75, 3.05) is 32.1 Å². The summed E-state index contributed by atoms with van der Waals surface area (Å²) in [6.07, 6.45) is 12.2. The van der Waals surface area contributed by atoms with Gasteiger partial charge in [-0.25, -0.2) is 4.98 Å². The van der Waals surface area contributed by atoms with Crippen molar-refractivity contribution in [2.45, 2.75) is 82.6 Å². The van der Waals surface area contributed by atoms with E-state index in [2.05, 4.69) is 74.0 Å². The van der Waals surface area contributed by atoms with Gasteiger partial charge in [-0.05, 0) is 127 Å². The van der Waals surface area contributed by atoms with Gasteiger partial charge in [-0.15, -0.1) is 0 Å². The first-order valence-electron chi connectivity index (χ1n) is 22.1. The molecule has 3 aromatic carbocycles. The van der Waals surface area contributed by atoms with Crippen LogP contribution in [0.3, 0.4) is 0 Å². The summed E-state index contributed by atoms with van der Waals surface area (Å²) in [5.74, 6) is 6.26. The number of amides is 2. The number of rotatable bonds is 11. The molecule has 13 nitrogen and oxygen atoms in total. The summed E-state index contributed by atoms with van der Waals surface area (Å²) in [6, 6.07) is 24.2. The van der Waals surface area contributed by atoms with E-state index in [9.17, 15) is 24.3 Å². The first kappa shape index (κ1) is 46.1. The zero-order valence-corrected chi connectivity index (χ0v) is 37.6. The molecule has 1 saturated carbocycles. The molecule has 13 heteroatoms. The van der Waals surface area contributed by atoms with Crippen molar-refractivity contribution < 1.29 is 33.8 Å². The van der Waals surface area contributed by atoms with Crippen molar-refractivity contribution in [3.8, 4) is 34.6 Å². The molecule has 9 rings (SSSR count). The number of aliphatic hydroxyl groups excluding tert-OH is 1. The number of imide groups is 1. The monoisotopic (exact) mass is 876 g/mol. The van der Waals surface area contributed by atoms with E-state index in [1.54, 1.807) is 6.07 Å². The van der Waals surface area contributed by atoms with Gasteiger partial charge in [0, 0.05) is 84.3 Å². The Bertz CT molecular complexity index is 2720. The lowest BCUT2D eigenvalue weighted by Crippen LogP contribution is -2.40. The van der Waals surface area contributed by atoms with Crippen molar-refractivity contribution in [3.63, 3.8) is 0 Å². The van der Waals surface area contributed by atoms with Gasteiger partial charge in [0.25, 0.3) is 11.8 Å². The molecule has 3 aliphatic rings. The number of nitrogens with one attached hydrogen (secondary N) is 1. The highest BCUT2D eigenvalue weighted by Crippen LogP contribution is 2.33. The number of ether oxygens (including phenoxy) is 2. The number of hydrogen-bond acceptors (Lipinski definition) is 11. The van der Waals surface area contributed by atoms with E-state index in [4.69, 9.17) is 9.47 Å². The van der Waals surface area contributed by atoms with Gasteiger partial charge in [-0.1, -0.05) is 30.0 Å². The summed E-state index contributed by atoms with van der Waals surface area (Å²) >= 11 is 0. The second kappa shape index (κ2) is 20.7. The molecule has 1 unspecified atom stereocenters. The Morgan fingerprint density at radius 3 is 2.32 bits per heavy atom. The predicted octanol–water partition coefficient (Wildman–Crippen LogP) is 7.55. The average Bonchev–Trinajstić information content (AvgIpc) is 3.72. The van der Waals surface area contributed by atoms with Gasteiger partial charge in [0.05, 0.1) is 28.8 Å². The number of fused-ring (bicyclic) bond motifs is 4. The normalized spacial score (nSPS) is 15.4. The average molecular weight is 877 g/mol. The van der Waals surface area contributed by atoms with E-state index in [-0.39, 0.29) is 30.1 Å². The Morgan fingerprint density at radius 2 is 1.63 bits per heavy atom. The summed E-state index contributed by atoms with van der Waals surface area (Å²) in [7, 11) is 5.85. The number of pyridine rings is 2. The highest BCUT2D eigenvalue weighted by molar-refractivity contribution is 6.22. The van der Waals surface area contributed by atoms with Gasteiger partial charge in [0.2, 0.25) is 5.88 Å². The van der Waals surface area contributed by atoms with Gasteiger partial charge in [0.1, 0.15) is 24.4 Å². The number of hydrogen-bond donors (Lipinski definition) is 2. The van der Waals surface area contributed by atoms with Crippen LogP contribution in [0.1, 0.15) is 85.1 Å². The van der Waals surface area contributed by atoms with Crippen molar-refractivity contribution in [2.24, 2.45) is 7.05 Å². The number of aldehydes is 2.